The standard InChI is InChI=1S/C17H27ClN2O5S/c1-5-20(6-2)26(22,23)14-7-8-16(18)15(13-14)17(21)19(9-11-24-3)10-12-25-4/h7-8,13H,5-6,9-12H2,1-4H3. The number of rotatable bonds is 11. The van der Waals surface area contributed by atoms with Gasteiger partial charge in [-0.2, -0.15) is 4.31 Å². The molecule has 26 heavy (non-hydrogen) atoms. The summed E-state index contributed by atoms with van der Waals surface area (Å²) in [6, 6.07) is 4.20. The summed E-state index contributed by atoms with van der Waals surface area (Å²) in [6.07, 6.45) is 0. The summed E-state index contributed by atoms with van der Waals surface area (Å²) in [5, 5.41) is 0.202. The van der Waals surface area contributed by atoms with Crippen LogP contribution in [0.4, 0.5) is 0 Å². The van der Waals surface area contributed by atoms with Gasteiger partial charge in [-0.05, 0) is 18.2 Å². The minimum Gasteiger partial charge on any atom is -0.383 e. The molecule has 0 radical (unpaired) electrons. The fraction of sp³-hybridized carbons (Fsp3) is 0.588. The van der Waals surface area contributed by atoms with E-state index in [0.29, 0.717) is 39.4 Å². The quantitative estimate of drug-likeness (QED) is 0.562. The van der Waals surface area contributed by atoms with Crippen molar-refractivity contribution in [2.45, 2.75) is 18.7 Å². The largest absolute Gasteiger partial charge is 0.383 e. The first-order valence-corrected chi connectivity index (χ1v) is 10.2. The van der Waals surface area contributed by atoms with Gasteiger partial charge in [0.2, 0.25) is 10.0 Å². The highest BCUT2D eigenvalue weighted by Crippen LogP contribution is 2.24. The third-order valence-electron chi connectivity index (χ3n) is 3.93. The molecule has 1 rings (SSSR count). The van der Waals surface area contributed by atoms with Crippen LogP contribution >= 0.6 is 11.6 Å². The maximum Gasteiger partial charge on any atom is 0.255 e. The Kier molecular flexibility index (Phi) is 9.52. The Balaban J connectivity index is 3.24. The van der Waals surface area contributed by atoms with E-state index in [0.717, 1.165) is 0 Å². The average Bonchev–Trinajstić information content (AvgIpc) is 2.62. The molecule has 7 nitrogen and oxygen atoms in total. The van der Waals surface area contributed by atoms with Crippen molar-refractivity contribution in [3.8, 4) is 0 Å². The zero-order chi connectivity index (χ0) is 19.7. The fourth-order valence-electron chi connectivity index (χ4n) is 2.43. The minimum absolute atomic E-state index is 0.0485. The van der Waals surface area contributed by atoms with Gasteiger partial charge in [0.15, 0.2) is 0 Å². The molecular weight excluding hydrogens is 380 g/mol. The van der Waals surface area contributed by atoms with Crippen molar-refractivity contribution in [2.75, 3.05) is 53.6 Å². The molecule has 1 aromatic rings. The van der Waals surface area contributed by atoms with Crippen LogP contribution in [0, 0.1) is 0 Å². The number of carbonyl (C=O) groups excluding carboxylic acids is 1. The van der Waals surface area contributed by atoms with Gasteiger partial charge in [-0.1, -0.05) is 25.4 Å². The van der Waals surface area contributed by atoms with Crippen molar-refractivity contribution in [1.29, 1.82) is 0 Å². The smallest absolute Gasteiger partial charge is 0.255 e. The van der Waals surface area contributed by atoms with E-state index in [1.54, 1.807) is 28.1 Å². The van der Waals surface area contributed by atoms with Crippen molar-refractivity contribution in [2.24, 2.45) is 0 Å². The first-order chi connectivity index (χ1) is 12.3. The Bertz CT molecular complexity index is 684. The highest BCUT2D eigenvalue weighted by molar-refractivity contribution is 7.89. The van der Waals surface area contributed by atoms with E-state index in [4.69, 9.17) is 21.1 Å². The zero-order valence-electron chi connectivity index (χ0n) is 15.7. The van der Waals surface area contributed by atoms with Gasteiger partial charge >= 0.3 is 0 Å². The third kappa shape index (κ3) is 5.65. The maximum atomic E-state index is 12.9. The molecule has 0 aliphatic rings. The number of hydrogen-bond acceptors (Lipinski definition) is 5. The summed E-state index contributed by atoms with van der Waals surface area (Å²) in [5.41, 5.74) is 0.145. The second-order valence-electron chi connectivity index (χ2n) is 5.51. The Morgan fingerprint density at radius 3 is 2.08 bits per heavy atom. The summed E-state index contributed by atoms with van der Waals surface area (Å²) in [5.74, 6) is -0.360. The first kappa shape index (κ1) is 22.9. The van der Waals surface area contributed by atoms with Crippen LogP contribution in [0.25, 0.3) is 0 Å². The Labute approximate surface area is 160 Å². The molecule has 0 bridgehead atoms. The topological polar surface area (TPSA) is 76.2 Å². The molecule has 0 saturated heterocycles. The minimum atomic E-state index is -3.68. The molecular formula is C17H27ClN2O5S. The summed E-state index contributed by atoms with van der Waals surface area (Å²) in [6.45, 7) is 5.62. The number of halogens is 1. The predicted octanol–water partition coefficient (Wildman–Crippen LogP) is 2.11. The molecule has 1 amide bonds. The van der Waals surface area contributed by atoms with Gasteiger partial charge in [0.25, 0.3) is 5.91 Å². The van der Waals surface area contributed by atoms with Crippen molar-refractivity contribution in [1.82, 2.24) is 9.21 Å². The van der Waals surface area contributed by atoms with Crippen molar-refractivity contribution < 1.29 is 22.7 Å². The summed E-state index contributed by atoms with van der Waals surface area (Å²) >= 11 is 6.18. The molecule has 0 aliphatic carbocycles. The molecule has 0 heterocycles. The summed E-state index contributed by atoms with van der Waals surface area (Å²) in [4.78, 5) is 14.5. The number of ether oxygens (including phenoxy) is 2. The van der Waals surface area contributed by atoms with Crippen LogP contribution in [0.15, 0.2) is 23.1 Å². The lowest BCUT2D eigenvalue weighted by molar-refractivity contribution is 0.0627. The number of sulfonamides is 1. The van der Waals surface area contributed by atoms with E-state index < -0.39 is 10.0 Å². The molecule has 9 heteroatoms. The maximum absolute atomic E-state index is 12.9. The van der Waals surface area contributed by atoms with Crippen LogP contribution < -0.4 is 0 Å². The Hall–Kier alpha value is -1.19. The summed E-state index contributed by atoms with van der Waals surface area (Å²) in [7, 11) is -0.589. The van der Waals surface area contributed by atoms with Gasteiger partial charge in [0.1, 0.15) is 0 Å². The number of nitrogens with zero attached hydrogens (tertiary/aromatic N) is 2. The molecule has 0 aliphatic heterocycles. The molecule has 0 N–H and O–H groups in total. The molecule has 0 unspecified atom stereocenters. The number of carbonyl (C=O) groups is 1. The molecule has 0 fully saturated rings. The second kappa shape index (κ2) is 10.8. The second-order valence-corrected chi connectivity index (χ2v) is 7.85. The summed E-state index contributed by atoms with van der Waals surface area (Å²) < 4.78 is 36.8. The van der Waals surface area contributed by atoms with E-state index in [1.165, 1.54) is 27.4 Å². The van der Waals surface area contributed by atoms with Crippen LogP contribution in [0.5, 0.6) is 0 Å². The SMILES string of the molecule is CCN(CC)S(=O)(=O)c1ccc(Cl)c(C(=O)N(CCOC)CCOC)c1. The number of methoxy groups -OCH3 is 2. The average molecular weight is 407 g/mol. The molecule has 148 valence electrons. The molecule has 0 aromatic heterocycles. The van der Waals surface area contributed by atoms with E-state index in [2.05, 4.69) is 0 Å². The number of benzene rings is 1. The molecule has 1 aromatic carbocycles. The fourth-order valence-corrected chi connectivity index (χ4v) is 4.11. The lowest BCUT2D eigenvalue weighted by Crippen LogP contribution is -2.37. The van der Waals surface area contributed by atoms with E-state index in [9.17, 15) is 13.2 Å². The highest BCUT2D eigenvalue weighted by Gasteiger charge is 2.25. The van der Waals surface area contributed by atoms with Gasteiger partial charge < -0.3 is 14.4 Å². The van der Waals surface area contributed by atoms with Crippen LogP contribution in [-0.4, -0.2) is 77.1 Å². The monoisotopic (exact) mass is 406 g/mol. The third-order valence-corrected chi connectivity index (χ3v) is 6.30. The number of hydrogen-bond donors (Lipinski definition) is 0. The van der Waals surface area contributed by atoms with Gasteiger partial charge in [-0.3, -0.25) is 4.79 Å². The Morgan fingerprint density at radius 1 is 1.08 bits per heavy atom. The van der Waals surface area contributed by atoms with Crippen molar-refractivity contribution in [3.63, 3.8) is 0 Å². The molecule has 0 saturated carbocycles. The Morgan fingerprint density at radius 2 is 1.62 bits per heavy atom. The van der Waals surface area contributed by atoms with E-state index >= 15 is 0 Å². The van der Waals surface area contributed by atoms with Crippen LogP contribution in [-0.2, 0) is 19.5 Å². The van der Waals surface area contributed by atoms with Crippen molar-refractivity contribution in [3.05, 3.63) is 28.8 Å². The van der Waals surface area contributed by atoms with Gasteiger partial charge in [0.05, 0.1) is 28.7 Å². The lowest BCUT2D eigenvalue weighted by Gasteiger charge is -2.23. The van der Waals surface area contributed by atoms with Gasteiger partial charge in [-0.25, -0.2) is 8.42 Å². The van der Waals surface area contributed by atoms with Crippen LogP contribution in [0.2, 0.25) is 5.02 Å². The van der Waals surface area contributed by atoms with Crippen molar-refractivity contribution >= 4 is 27.5 Å². The zero-order valence-corrected chi connectivity index (χ0v) is 17.3. The van der Waals surface area contributed by atoms with E-state index in [-0.39, 0.29) is 21.4 Å². The van der Waals surface area contributed by atoms with E-state index in [1.807, 2.05) is 0 Å². The predicted molar refractivity (Wildman–Crippen MR) is 101 cm³/mol. The van der Waals surface area contributed by atoms with Crippen LogP contribution in [0.1, 0.15) is 24.2 Å². The lowest BCUT2D eigenvalue weighted by atomic mass is 10.2. The van der Waals surface area contributed by atoms with Gasteiger partial charge in [0, 0.05) is 40.4 Å². The highest BCUT2D eigenvalue weighted by atomic mass is 35.5. The van der Waals surface area contributed by atoms with Gasteiger partial charge in [-0.15, -0.1) is 0 Å². The normalized spacial score (nSPS) is 11.8. The van der Waals surface area contributed by atoms with Crippen LogP contribution in [0.3, 0.4) is 0 Å². The molecule has 0 spiro atoms. The molecule has 0 atom stereocenters. The number of amides is 1. The first-order valence-electron chi connectivity index (χ1n) is 8.40.